The average Bonchev–Trinajstić information content (AvgIpc) is 2.94. The van der Waals surface area contributed by atoms with Crippen LogP contribution in [0.2, 0.25) is 0 Å². The Hall–Kier alpha value is -2.46. The van der Waals surface area contributed by atoms with Gasteiger partial charge in [0.25, 0.3) is 0 Å². The van der Waals surface area contributed by atoms with E-state index < -0.39 is 7.60 Å². The quantitative estimate of drug-likeness (QED) is 0.393. The molecule has 2 aromatic rings. The van der Waals surface area contributed by atoms with Gasteiger partial charge >= 0.3 is 7.60 Å². The number of hydrogen-bond acceptors (Lipinski definition) is 3. The molecule has 1 aliphatic rings. The van der Waals surface area contributed by atoms with Crippen molar-refractivity contribution in [3.63, 3.8) is 0 Å². The van der Waals surface area contributed by atoms with Gasteiger partial charge in [0.1, 0.15) is 6.54 Å². The van der Waals surface area contributed by atoms with Crippen molar-refractivity contribution in [1.82, 2.24) is 0 Å². The van der Waals surface area contributed by atoms with Gasteiger partial charge in [-0.25, -0.2) is 0 Å². The van der Waals surface area contributed by atoms with Crippen molar-refractivity contribution in [2.45, 2.75) is 26.2 Å². The molecule has 0 aliphatic carbocycles. The summed E-state index contributed by atoms with van der Waals surface area (Å²) in [5.74, 6) is 0. The maximum Gasteiger partial charge on any atom is 0.358 e. The first kappa shape index (κ1) is 21.3. The van der Waals surface area contributed by atoms with Crippen LogP contribution in [0.25, 0.3) is 0 Å². The molecule has 0 spiro atoms. The van der Waals surface area contributed by atoms with E-state index in [1.54, 1.807) is 12.1 Å². The van der Waals surface area contributed by atoms with Crippen molar-refractivity contribution in [1.29, 1.82) is 0 Å². The van der Waals surface area contributed by atoms with Gasteiger partial charge in [-0.05, 0) is 51.1 Å². The van der Waals surface area contributed by atoms with Crippen molar-refractivity contribution in [2.75, 3.05) is 19.0 Å². The van der Waals surface area contributed by atoms with E-state index in [9.17, 15) is 9.46 Å². The number of anilines is 1. The molecule has 0 saturated carbocycles. The molecule has 0 aromatic heterocycles. The molecule has 6 heteroatoms. The number of fused-ring (bicyclic) bond motifs is 1. The summed E-state index contributed by atoms with van der Waals surface area (Å²) < 4.78 is 19.3. The molecular formula is C23H28N2O3P+. The minimum atomic E-state index is -3.79. The lowest BCUT2D eigenvalue weighted by atomic mass is 9.81. The van der Waals surface area contributed by atoms with Crippen molar-refractivity contribution < 1.29 is 18.6 Å². The van der Waals surface area contributed by atoms with Crippen LogP contribution >= 0.6 is 7.60 Å². The summed E-state index contributed by atoms with van der Waals surface area (Å²) in [5.41, 5.74) is 3.96. The number of benzene rings is 2. The number of allylic oxidation sites excluding steroid dienone is 3. The van der Waals surface area contributed by atoms with E-state index in [0.29, 0.717) is 5.30 Å². The molecule has 0 radical (unpaired) electrons. The van der Waals surface area contributed by atoms with Gasteiger partial charge in [-0.2, -0.15) is 4.58 Å². The number of hydrogen-bond donors (Lipinski definition) is 2. The third kappa shape index (κ3) is 4.27. The highest BCUT2D eigenvalue weighted by Gasteiger charge is 2.44. The van der Waals surface area contributed by atoms with Gasteiger partial charge in [0.2, 0.25) is 5.69 Å². The average molecular weight is 411 g/mol. The number of para-hydroxylation sites is 1. The second-order valence-corrected chi connectivity index (χ2v) is 9.31. The van der Waals surface area contributed by atoms with Crippen LogP contribution in [0, 0.1) is 0 Å². The zero-order valence-electron chi connectivity index (χ0n) is 17.3. The van der Waals surface area contributed by atoms with Crippen LogP contribution < -0.4 is 10.6 Å². The zero-order valence-corrected chi connectivity index (χ0v) is 18.2. The minimum absolute atomic E-state index is 0.299. The molecule has 0 amide bonds. The fourth-order valence-corrected chi connectivity index (χ4v) is 4.43. The Morgan fingerprint density at radius 2 is 1.90 bits per heavy atom. The topological polar surface area (TPSA) is 61.6 Å². The summed E-state index contributed by atoms with van der Waals surface area (Å²) >= 11 is 0. The first-order valence-corrected chi connectivity index (χ1v) is 11.2. The van der Waals surface area contributed by atoms with Crippen LogP contribution in [0.3, 0.4) is 0 Å². The summed E-state index contributed by atoms with van der Waals surface area (Å²) in [5, 5.41) is 3.56. The summed E-state index contributed by atoms with van der Waals surface area (Å²) in [7, 11) is -2.53. The van der Waals surface area contributed by atoms with E-state index in [1.165, 1.54) is 7.11 Å². The smallest absolute Gasteiger partial charge is 0.358 e. The first-order valence-electron chi connectivity index (χ1n) is 9.64. The molecule has 2 aromatic carbocycles. The summed E-state index contributed by atoms with van der Waals surface area (Å²) in [6.07, 6.45) is 7.97. The predicted octanol–water partition coefficient (Wildman–Crippen LogP) is 4.72. The molecule has 0 fully saturated rings. The molecule has 0 bridgehead atoms. The Morgan fingerprint density at radius 1 is 1.17 bits per heavy atom. The highest BCUT2D eigenvalue weighted by atomic mass is 31.2. The number of rotatable bonds is 7. The maximum absolute atomic E-state index is 12.3. The minimum Gasteiger partial charge on any atom is -0.362 e. The largest absolute Gasteiger partial charge is 0.362 e. The monoisotopic (exact) mass is 411 g/mol. The Kier molecular flexibility index (Phi) is 6.23. The number of nitrogens with zero attached hydrogens (tertiary/aromatic N) is 1. The van der Waals surface area contributed by atoms with E-state index in [-0.39, 0.29) is 5.41 Å². The van der Waals surface area contributed by atoms with Crippen LogP contribution in [-0.4, -0.2) is 28.8 Å². The highest BCUT2D eigenvalue weighted by Crippen LogP contribution is 2.44. The predicted molar refractivity (Wildman–Crippen MR) is 120 cm³/mol. The van der Waals surface area contributed by atoms with Crippen molar-refractivity contribution in [3.05, 3.63) is 78.5 Å². The van der Waals surface area contributed by atoms with Crippen LogP contribution in [-0.2, 0) is 14.5 Å². The number of nitrogens with one attached hydrogen (secondary N) is 1. The lowest BCUT2D eigenvalue weighted by Crippen LogP contribution is -2.28. The molecule has 1 heterocycles. The van der Waals surface area contributed by atoms with Gasteiger partial charge in [0, 0.05) is 36.7 Å². The Morgan fingerprint density at radius 3 is 2.55 bits per heavy atom. The lowest BCUT2D eigenvalue weighted by Gasteiger charge is -2.17. The van der Waals surface area contributed by atoms with Crippen LogP contribution in [0.1, 0.15) is 26.3 Å². The van der Waals surface area contributed by atoms with E-state index in [4.69, 9.17) is 4.52 Å². The van der Waals surface area contributed by atoms with Gasteiger partial charge in [-0.1, -0.05) is 24.3 Å². The molecule has 1 atom stereocenters. The molecule has 29 heavy (non-hydrogen) atoms. The Bertz CT molecular complexity index is 1020. The van der Waals surface area contributed by atoms with E-state index in [0.717, 1.165) is 29.2 Å². The summed E-state index contributed by atoms with van der Waals surface area (Å²) in [4.78, 5) is 10.1. The van der Waals surface area contributed by atoms with E-state index in [1.807, 2.05) is 54.8 Å². The maximum atomic E-state index is 12.3. The standard InChI is InChI=1S/C23H27N2O3P/c1-5-25-21-15-14-19(29(26,27)28-4)17-20(21)23(2,3)22(25)13-9-10-16-24-18-11-7-6-8-12-18/h6-17H,5H2,1-4H3,(H,26,27)/p+1. The van der Waals surface area contributed by atoms with E-state index in [2.05, 4.69) is 36.7 Å². The summed E-state index contributed by atoms with van der Waals surface area (Å²) in [6, 6.07) is 15.4. The normalized spacial score (nSPS) is 17.7. The second-order valence-electron chi connectivity index (χ2n) is 7.39. The molecule has 1 aliphatic heterocycles. The SMILES string of the molecule is CC[N+]1=C(/C=C/C=C/Nc2ccccc2)C(C)(C)c2cc(P(=O)(O)OC)ccc21. The third-order valence-electron chi connectivity index (χ3n) is 5.25. The second kappa shape index (κ2) is 8.50. The van der Waals surface area contributed by atoms with Gasteiger partial charge in [0.15, 0.2) is 5.71 Å². The molecule has 152 valence electrons. The molecule has 1 unspecified atom stereocenters. The van der Waals surface area contributed by atoms with Crippen LogP contribution in [0.15, 0.2) is 73.0 Å². The van der Waals surface area contributed by atoms with Crippen molar-refractivity contribution >= 4 is 30.0 Å². The lowest BCUT2D eigenvalue weighted by molar-refractivity contribution is -0.433. The van der Waals surface area contributed by atoms with Gasteiger partial charge in [0.05, 0.1) is 10.7 Å². The van der Waals surface area contributed by atoms with Gasteiger partial charge in [-0.15, -0.1) is 0 Å². The van der Waals surface area contributed by atoms with Crippen molar-refractivity contribution in [3.8, 4) is 0 Å². The molecule has 3 rings (SSSR count). The zero-order chi connectivity index (χ0) is 21.1. The van der Waals surface area contributed by atoms with Crippen LogP contribution in [0.4, 0.5) is 11.4 Å². The third-order valence-corrected chi connectivity index (χ3v) is 6.68. The van der Waals surface area contributed by atoms with Gasteiger partial charge in [-0.3, -0.25) is 4.57 Å². The molecular weight excluding hydrogens is 383 g/mol. The fourth-order valence-electron chi connectivity index (χ4n) is 3.67. The fraction of sp³-hybridized carbons (Fsp3) is 0.261. The van der Waals surface area contributed by atoms with Gasteiger partial charge < -0.3 is 14.7 Å². The Balaban J connectivity index is 1.87. The van der Waals surface area contributed by atoms with Crippen molar-refractivity contribution in [2.24, 2.45) is 0 Å². The van der Waals surface area contributed by atoms with Crippen LogP contribution in [0.5, 0.6) is 0 Å². The molecule has 5 nitrogen and oxygen atoms in total. The summed E-state index contributed by atoms with van der Waals surface area (Å²) in [6.45, 7) is 7.17. The van der Waals surface area contributed by atoms with E-state index >= 15 is 0 Å². The Labute approximate surface area is 172 Å². The highest BCUT2D eigenvalue weighted by molar-refractivity contribution is 7.61. The molecule has 0 saturated heterocycles. The molecule has 2 N–H and O–H groups in total. The first-order chi connectivity index (χ1) is 13.8.